The highest BCUT2D eigenvalue weighted by atomic mass is 16.6. The zero-order valence-corrected chi connectivity index (χ0v) is 18.4. The molecule has 1 aliphatic rings. The van der Waals surface area contributed by atoms with Crippen LogP contribution in [0.4, 0.5) is 0 Å². The fourth-order valence-corrected chi connectivity index (χ4v) is 3.39. The molecule has 166 valence electrons. The standard InChI is InChI=1S/C23H27NO7/c1-6-7-21(25)30-17-10-8-14(12-20(17)27-3)19-13-16(24-31-19)15-9-11-18(26-2)23(29-5)22(15)28-4/h8-12,19H,6-7,13H2,1-5H3. The van der Waals surface area contributed by atoms with Crippen LogP contribution in [0.3, 0.4) is 0 Å². The Morgan fingerprint density at radius 3 is 2.32 bits per heavy atom. The van der Waals surface area contributed by atoms with Crippen molar-refractivity contribution in [1.29, 1.82) is 0 Å². The minimum atomic E-state index is -0.318. The molecule has 0 spiro atoms. The lowest BCUT2D eigenvalue weighted by Crippen LogP contribution is -2.09. The summed E-state index contributed by atoms with van der Waals surface area (Å²) >= 11 is 0. The summed E-state index contributed by atoms with van der Waals surface area (Å²) in [4.78, 5) is 17.5. The summed E-state index contributed by atoms with van der Waals surface area (Å²) in [5, 5.41) is 4.27. The van der Waals surface area contributed by atoms with E-state index in [0.29, 0.717) is 41.6 Å². The summed E-state index contributed by atoms with van der Waals surface area (Å²) < 4.78 is 27.2. The SMILES string of the molecule is CCCC(=O)Oc1ccc(C2CC(c3ccc(OC)c(OC)c3OC)=NO2)cc1OC. The normalized spacial score (nSPS) is 15.0. The third-order valence-electron chi connectivity index (χ3n) is 4.92. The van der Waals surface area contributed by atoms with Gasteiger partial charge in [-0.2, -0.15) is 0 Å². The number of esters is 1. The number of ether oxygens (including phenoxy) is 5. The number of oxime groups is 1. The molecule has 1 unspecified atom stereocenters. The summed E-state index contributed by atoms with van der Waals surface area (Å²) in [7, 11) is 6.22. The highest BCUT2D eigenvalue weighted by molar-refractivity contribution is 6.04. The Hall–Kier alpha value is -3.42. The number of carbonyl (C=O) groups is 1. The molecule has 0 aromatic heterocycles. The van der Waals surface area contributed by atoms with Gasteiger partial charge in [0.1, 0.15) is 0 Å². The van der Waals surface area contributed by atoms with E-state index in [-0.39, 0.29) is 12.1 Å². The molecule has 31 heavy (non-hydrogen) atoms. The zero-order chi connectivity index (χ0) is 22.4. The van der Waals surface area contributed by atoms with Crippen LogP contribution in [0.25, 0.3) is 0 Å². The van der Waals surface area contributed by atoms with Gasteiger partial charge in [-0.05, 0) is 36.2 Å². The second-order valence-electron chi connectivity index (χ2n) is 6.85. The van der Waals surface area contributed by atoms with Crippen LogP contribution in [0.15, 0.2) is 35.5 Å². The topological polar surface area (TPSA) is 84.8 Å². The molecule has 2 aromatic rings. The first-order chi connectivity index (χ1) is 15.1. The van der Waals surface area contributed by atoms with Crippen LogP contribution in [0, 0.1) is 0 Å². The van der Waals surface area contributed by atoms with E-state index >= 15 is 0 Å². The maximum Gasteiger partial charge on any atom is 0.311 e. The number of nitrogens with zero attached hydrogens (tertiary/aromatic N) is 1. The fourth-order valence-electron chi connectivity index (χ4n) is 3.39. The van der Waals surface area contributed by atoms with Gasteiger partial charge < -0.3 is 28.5 Å². The molecular weight excluding hydrogens is 402 g/mol. The Labute approximate surface area is 181 Å². The third-order valence-corrected chi connectivity index (χ3v) is 4.92. The molecule has 0 bridgehead atoms. The number of hydrogen-bond donors (Lipinski definition) is 0. The van der Waals surface area contributed by atoms with E-state index in [9.17, 15) is 4.79 Å². The van der Waals surface area contributed by atoms with E-state index in [1.54, 1.807) is 39.5 Å². The van der Waals surface area contributed by atoms with Gasteiger partial charge in [0.25, 0.3) is 0 Å². The average Bonchev–Trinajstić information content (AvgIpc) is 3.28. The van der Waals surface area contributed by atoms with Crippen molar-refractivity contribution in [1.82, 2.24) is 0 Å². The van der Waals surface area contributed by atoms with E-state index in [2.05, 4.69) is 5.16 Å². The molecule has 0 fully saturated rings. The molecule has 0 aliphatic carbocycles. The average molecular weight is 429 g/mol. The Morgan fingerprint density at radius 2 is 1.68 bits per heavy atom. The minimum Gasteiger partial charge on any atom is -0.493 e. The van der Waals surface area contributed by atoms with E-state index < -0.39 is 0 Å². The van der Waals surface area contributed by atoms with Crippen LogP contribution in [0.2, 0.25) is 0 Å². The van der Waals surface area contributed by atoms with Gasteiger partial charge in [-0.1, -0.05) is 18.1 Å². The van der Waals surface area contributed by atoms with Gasteiger partial charge in [-0.15, -0.1) is 0 Å². The Kier molecular flexibility index (Phi) is 7.23. The van der Waals surface area contributed by atoms with Crippen molar-refractivity contribution < 1.29 is 33.3 Å². The molecule has 1 heterocycles. The van der Waals surface area contributed by atoms with Gasteiger partial charge in [0.05, 0.1) is 34.2 Å². The second kappa shape index (κ2) is 10.1. The Bertz CT molecular complexity index is 971. The number of methoxy groups -OCH3 is 4. The van der Waals surface area contributed by atoms with Crippen LogP contribution in [0.1, 0.15) is 43.4 Å². The van der Waals surface area contributed by atoms with Gasteiger partial charge in [0.2, 0.25) is 5.75 Å². The monoisotopic (exact) mass is 429 g/mol. The molecule has 8 heteroatoms. The smallest absolute Gasteiger partial charge is 0.311 e. The van der Waals surface area contributed by atoms with Crippen molar-refractivity contribution in [3.63, 3.8) is 0 Å². The van der Waals surface area contributed by atoms with E-state index in [0.717, 1.165) is 23.3 Å². The lowest BCUT2D eigenvalue weighted by molar-refractivity contribution is -0.134. The molecule has 0 amide bonds. The summed E-state index contributed by atoms with van der Waals surface area (Å²) in [6.07, 6.45) is 1.27. The van der Waals surface area contributed by atoms with Crippen LogP contribution in [0.5, 0.6) is 28.7 Å². The lowest BCUT2D eigenvalue weighted by atomic mass is 9.99. The molecule has 0 radical (unpaired) electrons. The molecule has 0 saturated carbocycles. The van der Waals surface area contributed by atoms with Crippen LogP contribution < -0.4 is 23.7 Å². The van der Waals surface area contributed by atoms with E-state index in [1.165, 1.54) is 7.11 Å². The van der Waals surface area contributed by atoms with Gasteiger partial charge in [-0.3, -0.25) is 4.79 Å². The maximum atomic E-state index is 11.8. The van der Waals surface area contributed by atoms with Crippen molar-refractivity contribution in [2.45, 2.75) is 32.3 Å². The van der Waals surface area contributed by atoms with Crippen molar-refractivity contribution in [3.8, 4) is 28.7 Å². The minimum absolute atomic E-state index is 0.295. The fraction of sp³-hybridized carbons (Fsp3) is 0.391. The first-order valence-corrected chi connectivity index (χ1v) is 9.96. The highest BCUT2D eigenvalue weighted by Crippen LogP contribution is 2.43. The Morgan fingerprint density at radius 1 is 0.968 bits per heavy atom. The third kappa shape index (κ3) is 4.68. The number of hydrogen-bond acceptors (Lipinski definition) is 8. The summed E-state index contributed by atoms with van der Waals surface area (Å²) in [5.74, 6) is 2.14. The molecule has 0 saturated heterocycles. The van der Waals surface area contributed by atoms with Crippen molar-refractivity contribution in [2.24, 2.45) is 5.16 Å². The van der Waals surface area contributed by atoms with Crippen LogP contribution >= 0.6 is 0 Å². The van der Waals surface area contributed by atoms with Gasteiger partial charge in [-0.25, -0.2) is 0 Å². The molecule has 1 atom stereocenters. The molecule has 2 aromatic carbocycles. The van der Waals surface area contributed by atoms with Crippen molar-refractivity contribution in [3.05, 3.63) is 41.5 Å². The summed E-state index contributed by atoms with van der Waals surface area (Å²) in [6, 6.07) is 9.01. The quantitative estimate of drug-likeness (QED) is 0.434. The van der Waals surface area contributed by atoms with Crippen molar-refractivity contribution in [2.75, 3.05) is 28.4 Å². The molecule has 8 nitrogen and oxygen atoms in total. The van der Waals surface area contributed by atoms with E-state index in [4.69, 9.17) is 28.5 Å². The van der Waals surface area contributed by atoms with Gasteiger partial charge >= 0.3 is 5.97 Å². The lowest BCUT2D eigenvalue weighted by Gasteiger charge is -2.15. The maximum absolute atomic E-state index is 11.8. The highest BCUT2D eigenvalue weighted by Gasteiger charge is 2.29. The first-order valence-electron chi connectivity index (χ1n) is 9.96. The first kappa shape index (κ1) is 22.3. The predicted octanol–water partition coefficient (Wildman–Crippen LogP) is 4.29. The molecule has 1 aliphatic heterocycles. The Balaban J connectivity index is 1.81. The zero-order valence-electron chi connectivity index (χ0n) is 18.4. The second-order valence-corrected chi connectivity index (χ2v) is 6.85. The number of benzene rings is 2. The van der Waals surface area contributed by atoms with Crippen LogP contribution in [-0.2, 0) is 9.63 Å². The predicted molar refractivity (Wildman–Crippen MR) is 115 cm³/mol. The van der Waals surface area contributed by atoms with E-state index in [1.807, 2.05) is 19.1 Å². The van der Waals surface area contributed by atoms with Gasteiger partial charge in [0, 0.05) is 18.4 Å². The summed E-state index contributed by atoms with van der Waals surface area (Å²) in [5.41, 5.74) is 2.34. The largest absolute Gasteiger partial charge is 0.493 e. The number of carbonyl (C=O) groups excluding carboxylic acids is 1. The summed E-state index contributed by atoms with van der Waals surface area (Å²) in [6.45, 7) is 1.92. The van der Waals surface area contributed by atoms with Crippen LogP contribution in [-0.4, -0.2) is 40.1 Å². The van der Waals surface area contributed by atoms with Gasteiger partial charge in [0.15, 0.2) is 29.1 Å². The van der Waals surface area contributed by atoms with Crippen molar-refractivity contribution >= 4 is 11.7 Å². The molecule has 3 rings (SSSR count). The number of rotatable bonds is 9. The molecule has 0 N–H and O–H groups in total. The molecular formula is C23H27NO7.